The highest BCUT2D eigenvalue weighted by atomic mass is 14.5. The van der Waals surface area contributed by atoms with Crippen LogP contribution in [0.4, 0.5) is 0 Å². The topological polar surface area (TPSA) is 0 Å². The van der Waals surface area contributed by atoms with E-state index in [4.69, 9.17) is 0 Å². The van der Waals surface area contributed by atoms with Crippen molar-refractivity contribution >= 4 is 0 Å². The van der Waals surface area contributed by atoms with Crippen molar-refractivity contribution in [2.75, 3.05) is 0 Å². The van der Waals surface area contributed by atoms with Crippen molar-refractivity contribution in [3.8, 4) is 0 Å². The molecule has 0 aromatic rings. The zero-order chi connectivity index (χ0) is 14.9. The van der Waals surface area contributed by atoms with Crippen LogP contribution < -0.4 is 0 Å². The van der Waals surface area contributed by atoms with E-state index in [0.717, 1.165) is 23.7 Å². The molecule has 0 amide bonds. The summed E-state index contributed by atoms with van der Waals surface area (Å²) in [4.78, 5) is 0. The minimum Gasteiger partial charge on any atom is -0.103 e. The van der Waals surface area contributed by atoms with Crippen LogP contribution in [-0.2, 0) is 0 Å². The Morgan fingerprint density at radius 2 is 1.95 bits per heavy atom. The van der Waals surface area contributed by atoms with Crippen molar-refractivity contribution in [2.45, 2.75) is 73.1 Å². The van der Waals surface area contributed by atoms with Crippen LogP contribution in [0.2, 0.25) is 0 Å². The molecule has 1 saturated carbocycles. The first-order valence-corrected chi connectivity index (χ1v) is 8.82. The molecule has 2 aliphatic rings. The maximum atomic E-state index is 4.15. The van der Waals surface area contributed by atoms with E-state index in [1.165, 1.54) is 38.5 Å². The highest BCUT2D eigenvalue weighted by Crippen LogP contribution is 2.59. The predicted octanol–water partition coefficient (Wildman–Crippen LogP) is 6.39. The number of hydrogen-bond donors (Lipinski definition) is 0. The molecule has 2 rings (SSSR count). The molecular formula is C20H34. The fourth-order valence-electron chi connectivity index (χ4n) is 5.49. The Morgan fingerprint density at radius 3 is 2.50 bits per heavy atom. The number of hydrogen-bond acceptors (Lipinski definition) is 0. The van der Waals surface area contributed by atoms with Crippen LogP contribution in [0, 0.1) is 29.1 Å². The number of allylic oxidation sites excluding steroid dienone is 3. The van der Waals surface area contributed by atoms with Crippen LogP contribution in [0.25, 0.3) is 0 Å². The Labute approximate surface area is 126 Å². The second-order valence-electron chi connectivity index (χ2n) is 7.59. The second-order valence-corrected chi connectivity index (χ2v) is 7.59. The summed E-state index contributed by atoms with van der Waals surface area (Å²) in [6.45, 7) is 16.4. The molecule has 2 aliphatic carbocycles. The van der Waals surface area contributed by atoms with E-state index in [-0.39, 0.29) is 0 Å². The fraction of sp³-hybridized carbons (Fsp3) is 0.800. The highest BCUT2D eigenvalue weighted by Gasteiger charge is 2.50. The average molecular weight is 274 g/mol. The van der Waals surface area contributed by atoms with Gasteiger partial charge in [0.05, 0.1) is 0 Å². The molecule has 4 unspecified atom stereocenters. The van der Waals surface area contributed by atoms with E-state index >= 15 is 0 Å². The maximum absolute atomic E-state index is 4.15. The molecule has 114 valence electrons. The molecule has 0 heterocycles. The van der Waals surface area contributed by atoms with E-state index in [1.54, 1.807) is 11.1 Å². The van der Waals surface area contributed by atoms with Gasteiger partial charge in [-0.1, -0.05) is 58.3 Å². The molecule has 0 nitrogen and oxygen atoms in total. The summed E-state index contributed by atoms with van der Waals surface area (Å²) in [6.07, 6.45) is 10.2. The Balaban J connectivity index is 2.45. The molecule has 0 aliphatic heterocycles. The molecule has 1 fully saturated rings. The smallest absolute Gasteiger partial charge is 0.0176 e. The zero-order valence-corrected chi connectivity index (χ0v) is 14.3. The molecule has 0 radical (unpaired) electrons. The van der Waals surface area contributed by atoms with E-state index in [2.05, 4.69) is 47.3 Å². The van der Waals surface area contributed by atoms with Gasteiger partial charge in [-0.3, -0.25) is 0 Å². The quantitative estimate of drug-likeness (QED) is 0.521. The summed E-state index contributed by atoms with van der Waals surface area (Å²) in [7, 11) is 0. The van der Waals surface area contributed by atoms with Gasteiger partial charge in [-0.15, -0.1) is 6.58 Å². The van der Waals surface area contributed by atoms with E-state index in [9.17, 15) is 0 Å². The van der Waals surface area contributed by atoms with Crippen LogP contribution in [-0.4, -0.2) is 0 Å². The molecule has 5 atom stereocenters. The molecule has 20 heavy (non-hydrogen) atoms. The summed E-state index contributed by atoms with van der Waals surface area (Å²) in [6, 6.07) is 0. The van der Waals surface area contributed by atoms with Crippen molar-refractivity contribution in [2.24, 2.45) is 29.1 Å². The third kappa shape index (κ3) is 2.40. The van der Waals surface area contributed by atoms with Crippen LogP contribution in [0.1, 0.15) is 73.1 Å². The number of rotatable bonds is 4. The minimum atomic E-state index is 0.469. The summed E-state index contributed by atoms with van der Waals surface area (Å²) < 4.78 is 0. The first kappa shape index (κ1) is 15.9. The van der Waals surface area contributed by atoms with Gasteiger partial charge in [0, 0.05) is 0 Å². The molecule has 0 spiro atoms. The van der Waals surface area contributed by atoms with Crippen molar-refractivity contribution < 1.29 is 0 Å². The van der Waals surface area contributed by atoms with Gasteiger partial charge in [-0.05, 0) is 61.2 Å². The second kappa shape index (κ2) is 6.08. The van der Waals surface area contributed by atoms with Crippen LogP contribution in [0.3, 0.4) is 0 Å². The first-order chi connectivity index (χ1) is 9.49. The van der Waals surface area contributed by atoms with Crippen molar-refractivity contribution in [1.29, 1.82) is 0 Å². The molecule has 0 bridgehead atoms. The lowest BCUT2D eigenvalue weighted by atomic mass is 9.66. The van der Waals surface area contributed by atoms with Crippen molar-refractivity contribution in [3.63, 3.8) is 0 Å². The van der Waals surface area contributed by atoms with Crippen LogP contribution in [0.5, 0.6) is 0 Å². The Morgan fingerprint density at radius 1 is 1.25 bits per heavy atom. The maximum Gasteiger partial charge on any atom is -0.0176 e. The van der Waals surface area contributed by atoms with Crippen molar-refractivity contribution in [1.82, 2.24) is 0 Å². The van der Waals surface area contributed by atoms with Gasteiger partial charge in [-0.2, -0.15) is 0 Å². The lowest BCUT2D eigenvalue weighted by molar-refractivity contribution is 0.123. The first-order valence-electron chi connectivity index (χ1n) is 8.82. The normalized spacial score (nSPS) is 41.5. The van der Waals surface area contributed by atoms with Crippen LogP contribution in [0.15, 0.2) is 23.8 Å². The molecule has 0 aromatic carbocycles. The molecule has 0 aromatic heterocycles. The standard InChI is InChI=1S/C20H34/c1-7-10-16-13-20(6)17(8-2)11-12-19(20)15(5)14(4)18(16)9-3/h8,14-15,17,19H,2,7,9-13H2,1,3-6H3/t14-,15?,17?,19?,20?/m0/s1. The largest absolute Gasteiger partial charge is 0.103 e. The Bertz CT molecular complexity index is 389. The average Bonchev–Trinajstić information content (AvgIpc) is 2.71. The summed E-state index contributed by atoms with van der Waals surface area (Å²) >= 11 is 0. The third-order valence-corrected chi connectivity index (χ3v) is 6.72. The lowest BCUT2D eigenvalue weighted by Crippen LogP contribution is -2.32. The molecule has 0 N–H and O–H groups in total. The summed E-state index contributed by atoms with van der Waals surface area (Å²) in [5.74, 6) is 3.22. The van der Waals surface area contributed by atoms with Gasteiger partial charge < -0.3 is 0 Å². The molecule has 0 saturated heterocycles. The van der Waals surface area contributed by atoms with Gasteiger partial charge in [0.1, 0.15) is 0 Å². The predicted molar refractivity (Wildman–Crippen MR) is 89.7 cm³/mol. The Kier molecular flexibility index (Phi) is 4.82. The molecule has 0 heteroatoms. The van der Waals surface area contributed by atoms with Gasteiger partial charge in [0.2, 0.25) is 0 Å². The zero-order valence-electron chi connectivity index (χ0n) is 14.3. The van der Waals surface area contributed by atoms with Crippen LogP contribution >= 0.6 is 0 Å². The third-order valence-electron chi connectivity index (χ3n) is 6.72. The van der Waals surface area contributed by atoms with Gasteiger partial charge in [0.25, 0.3) is 0 Å². The number of fused-ring (bicyclic) bond motifs is 1. The fourth-order valence-corrected chi connectivity index (χ4v) is 5.49. The summed E-state index contributed by atoms with van der Waals surface area (Å²) in [5.41, 5.74) is 4.06. The van der Waals surface area contributed by atoms with Gasteiger partial charge >= 0.3 is 0 Å². The lowest BCUT2D eigenvalue weighted by Gasteiger charge is -2.39. The van der Waals surface area contributed by atoms with E-state index in [1.807, 2.05) is 0 Å². The monoisotopic (exact) mass is 274 g/mol. The summed E-state index contributed by atoms with van der Waals surface area (Å²) in [5, 5.41) is 0. The van der Waals surface area contributed by atoms with Gasteiger partial charge in [0.15, 0.2) is 0 Å². The van der Waals surface area contributed by atoms with E-state index < -0.39 is 0 Å². The molecular weight excluding hydrogens is 240 g/mol. The van der Waals surface area contributed by atoms with Gasteiger partial charge in [-0.25, -0.2) is 0 Å². The SMILES string of the molecule is C=CC1CCC2C(C)[C@H](C)C(CC)=C(CCC)CC12C. The Hall–Kier alpha value is -0.520. The highest BCUT2D eigenvalue weighted by molar-refractivity contribution is 5.24. The van der Waals surface area contributed by atoms with E-state index in [0.29, 0.717) is 5.41 Å². The minimum absolute atomic E-state index is 0.469. The van der Waals surface area contributed by atoms with Crippen molar-refractivity contribution in [3.05, 3.63) is 23.8 Å².